The van der Waals surface area contributed by atoms with E-state index >= 15 is 0 Å². The van der Waals surface area contributed by atoms with Crippen molar-refractivity contribution in [3.05, 3.63) is 59.9 Å². The number of hydrogen-bond acceptors (Lipinski definition) is 7. The van der Waals surface area contributed by atoms with Gasteiger partial charge in [0.25, 0.3) is 0 Å². The zero-order valence-electron chi connectivity index (χ0n) is 16.5. The third kappa shape index (κ3) is 5.80. The summed E-state index contributed by atoms with van der Waals surface area (Å²) in [6.45, 7) is 1.25. The molecule has 2 heterocycles. The van der Waals surface area contributed by atoms with E-state index < -0.39 is 0 Å². The minimum Gasteiger partial charge on any atom is -0.356 e. The smallest absolute Gasteiger partial charge is 0.234 e. The van der Waals surface area contributed by atoms with Crippen molar-refractivity contribution in [3.8, 4) is 0 Å². The van der Waals surface area contributed by atoms with Gasteiger partial charge in [-0.1, -0.05) is 35.2 Å². The van der Waals surface area contributed by atoms with Gasteiger partial charge >= 0.3 is 0 Å². The highest BCUT2D eigenvalue weighted by Crippen LogP contribution is 2.26. The average molecular weight is 458 g/mol. The summed E-state index contributed by atoms with van der Waals surface area (Å²) in [5, 5.41) is 14.8. The molecule has 0 radical (unpaired) electrons. The zero-order valence-corrected chi connectivity index (χ0v) is 18.1. The van der Waals surface area contributed by atoms with E-state index in [9.17, 15) is 14.0 Å². The zero-order chi connectivity index (χ0) is 21.6. The largest absolute Gasteiger partial charge is 0.356 e. The maximum Gasteiger partial charge on any atom is 0.234 e. The second-order valence-electron chi connectivity index (χ2n) is 6.89. The van der Waals surface area contributed by atoms with E-state index in [1.807, 2.05) is 12.1 Å². The van der Waals surface area contributed by atoms with E-state index in [1.54, 1.807) is 29.2 Å². The molecular formula is C21H20FN5O2S2. The number of amides is 2. The fraction of sp³-hybridized carbons (Fsp3) is 0.238. The van der Waals surface area contributed by atoms with Crippen LogP contribution in [0.2, 0.25) is 0 Å². The van der Waals surface area contributed by atoms with Crippen molar-refractivity contribution in [3.63, 3.8) is 0 Å². The molecule has 0 bridgehead atoms. The Hall–Kier alpha value is -2.98. The molecule has 1 saturated heterocycles. The van der Waals surface area contributed by atoms with Gasteiger partial charge in [0.15, 0.2) is 4.34 Å². The van der Waals surface area contributed by atoms with Gasteiger partial charge in [-0.2, -0.15) is 0 Å². The Bertz CT molecular complexity index is 1060. The normalized spacial score (nSPS) is 13.5. The molecule has 1 aliphatic rings. The predicted octanol–water partition coefficient (Wildman–Crippen LogP) is 4.15. The van der Waals surface area contributed by atoms with Crippen molar-refractivity contribution in [2.45, 2.75) is 23.7 Å². The first kappa shape index (κ1) is 21.3. The summed E-state index contributed by atoms with van der Waals surface area (Å²) in [6.07, 6.45) is 1.47. The van der Waals surface area contributed by atoms with Crippen molar-refractivity contribution < 1.29 is 14.0 Å². The SMILES string of the molecule is O=C(CSc1nnc(NCc2ccc(F)cc2)s1)Nc1ccc(N2CCCC2=O)cc1. The highest BCUT2D eigenvalue weighted by molar-refractivity contribution is 8.01. The summed E-state index contributed by atoms with van der Waals surface area (Å²) >= 11 is 2.66. The van der Waals surface area contributed by atoms with Gasteiger partial charge < -0.3 is 15.5 Å². The van der Waals surface area contributed by atoms with Crippen molar-refractivity contribution in [2.24, 2.45) is 0 Å². The average Bonchev–Trinajstić information content (AvgIpc) is 3.41. The molecule has 31 heavy (non-hydrogen) atoms. The van der Waals surface area contributed by atoms with Gasteiger partial charge in [-0.25, -0.2) is 4.39 Å². The molecule has 0 unspecified atom stereocenters. The summed E-state index contributed by atoms with van der Waals surface area (Å²) in [5.74, 6) is -0.0732. The van der Waals surface area contributed by atoms with Gasteiger partial charge in [0.2, 0.25) is 16.9 Å². The molecule has 3 aromatic rings. The van der Waals surface area contributed by atoms with E-state index in [0.717, 1.165) is 24.2 Å². The molecule has 160 valence electrons. The molecular weight excluding hydrogens is 437 g/mol. The molecule has 0 saturated carbocycles. The fourth-order valence-electron chi connectivity index (χ4n) is 3.09. The highest BCUT2D eigenvalue weighted by atomic mass is 32.2. The number of nitrogens with zero attached hydrogens (tertiary/aromatic N) is 3. The van der Waals surface area contributed by atoms with Crippen LogP contribution >= 0.6 is 23.1 Å². The Balaban J connectivity index is 1.22. The summed E-state index contributed by atoms with van der Waals surface area (Å²) < 4.78 is 13.6. The number of carbonyl (C=O) groups is 2. The standard InChI is InChI=1S/C21H20FN5O2S2/c22-15-5-3-14(4-6-15)12-23-20-25-26-21(31-20)30-13-18(28)24-16-7-9-17(10-8-16)27-11-1-2-19(27)29/h3-10H,1-2,11-13H2,(H,23,25)(H,24,28). The van der Waals surface area contributed by atoms with Crippen LogP contribution in [0.25, 0.3) is 0 Å². The van der Waals surface area contributed by atoms with Gasteiger partial charge in [0, 0.05) is 30.9 Å². The molecule has 1 aliphatic heterocycles. The number of hydrogen-bond donors (Lipinski definition) is 2. The third-order valence-electron chi connectivity index (χ3n) is 4.63. The van der Waals surface area contributed by atoms with E-state index in [1.165, 1.54) is 35.2 Å². The monoisotopic (exact) mass is 457 g/mol. The van der Waals surface area contributed by atoms with Crippen LogP contribution in [0.3, 0.4) is 0 Å². The lowest BCUT2D eigenvalue weighted by Crippen LogP contribution is -2.23. The molecule has 2 aromatic carbocycles. The van der Waals surface area contributed by atoms with Crippen LogP contribution in [0.1, 0.15) is 18.4 Å². The maximum absolute atomic E-state index is 12.9. The lowest BCUT2D eigenvalue weighted by Gasteiger charge is -2.16. The van der Waals surface area contributed by atoms with Crippen LogP contribution in [-0.2, 0) is 16.1 Å². The lowest BCUT2D eigenvalue weighted by molar-refractivity contribution is -0.117. The highest BCUT2D eigenvalue weighted by Gasteiger charge is 2.21. The van der Waals surface area contributed by atoms with Crippen LogP contribution in [0.5, 0.6) is 0 Å². The van der Waals surface area contributed by atoms with Crippen LogP contribution < -0.4 is 15.5 Å². The molecule has 2 N–H and O–H groups in total. The van der Waals surface area contributed by atoms with Crippen LogP contribution in [-0.4, -0.2) is 34.3 Å². The first-order chi connectivity index (χ1) is 15.1. The van der Waals surface area contributed by atoms with Gasteiger partial charge in [-0.05, 0) is 48.4 Å². The van der Waals surface area contributed by atoms with Crippen LogP contribution in [0.15, 0.2) is 52.9 Å². The first-order valence-corrected chi connectivity index (χ1v) is 11.5. The van der Waals surface area contributed by atoms with Crippen molar-refractivity contribution >= 4 is 51.4 Å². The number of halogens is 1. The summed E-state index contributed by atoms with van der Waals surface area (Å²) in [6, 6.07) is 13.5. The third-order valence-corrected chi connectivity index (χ3v) is 6.64. The molecule has 2 amide bonds. The minimum absolute atomic E-state index is 0.136. The number of thioether (sulfide) groups is 1. The summed E-state index contributed by atoms with van der Waals surface area (Å²) in [5.41, 5.74) is 2.47. The van der Waals surface area contributed by atoms with Gasteiger partial charge in [-0.3, -0.25) is 9.59 Å². The second-order valence-corrected chi connectivity index (χ2v) is 9.09. The Morgan fingerprint density at radius 1 is 1.13 bits per heavy atom. The van der Waals surface area contributed by atoms with E-state index in [4.69, 9.17) is 0 Å². The maximum atomic E-state index is 12.9. The van der Waals surface area contributed by atoms with Crippen molar-refractivity contribution in [1.29, 1.82) is 0 Å². The second kappa shape index (κ2) is 9.88. The Morgan fingerprint density at radius 2 is 1.90 bits per heavy atom. The van der Waals surface area contributed by atoms with E-state index in [0.29, 0.717) is 28.1 Å². The number of anilines is 3. The molecule has 0 atom stereocenters. The van der Waals surface area contributed by atoms with Crippen molar-refractivity contribution in [2.75, 3.05) is 27.8 Å². The molecule has 4 rings (SSSR count). The summed E-state index contributed by atoms with van der Waals surface area (Å²) in [4.78, 5) is 25.8. The fourth-order valence-corrected chi connectivity index (χ4v) is 4.64. The number of nitrogens with one attached hydrogen (secondary N) is 2. The molecule has 0 spiro atoms. The Morgan fingerprint density at radius 3 is 2.61 bits per heavy atom. The molecule has 7 nitrogen and oxygen atoms in total. The summed E-state index contributed by atoms with van der Waals surface area (Å²) in [7, 11) is 0. The molecule has 0 aliphatic carbocycles. The molecule has 10 heteroatoms. The first-order valence-electron chi connectivity index (χ1n) is 9.72. The van der Waals surface area contributed by atoms with E-state index in [2.05, 4.69) is 20.8 Å². The van der Waals surface area contributed by atoms with E-state index in [-0.39, 0.29) is 23.4 Å². The van der Waals surface area contributed by atoms with Crippen LogP contribution in [0.4, 0.5) is 20.9 Å². The van der Waals surface area contributed by atoms with Crippen LogP contribution in [0, 0.1) is 5.82 Å². The quantitative estimate of drug-likeness (QED) is 0.494. The predicted molar refractivity (Wildman–Crippen MR) is 121 cm³/mol. The number of aromatic nitrogens is 2. The Kier molecular flexibility index (Phi) is 6.78. The topological polar surface area (TPSA) is 87.2 Å². The van der Waals surface area contributed by atoms with Gasteiger partial charge in [-0.15, -0.1) is 10.2 Å². The molecule has 1 aromatic heterocycles. The number of benzene rings is 2. The lowest BCUT2D eigenvalue weighted by atomic mass is 10.2. The molecule has 1 fully saturated rings. The van der Waals surface area contributed by atoms with Crippen molar-refractivity contribution in [1.82, 2.24) is 10.2 Å². The number of carbonyl (C=O) groups excluding carboxylic acids is 2. The van der Waals surface area contributed by atoms with Gasteiger partial charge in [0.05, 0.1) is 5.75 Å². The minimum atomic E-state index is -0.269. The Labute approximate surface area is 187 Å². The number of rotatable bonds is 8. The van der Waals surface area contributed by atoms with Gasteiger partial charge in [0.1, 0.15) is 5.82 Å².